The van der Waals surface area contributed by atoms with Gasteiger partial charge in [-0.05, 0) is 42.8 Å². The third-order valence-electron chi connectivity index (χ3n) is 2.86. The SMILES string of the molecule is CCN(CCC(=O)O)C(=O)c1cc(Br)cn1C(C)C. The second-order valence-electron chi connectivity index (χ2n) is 4.57. The van der Waals surface area contributed by atoms with Crippen LogP contribution >= 0.6 is 15.9 Å². The highest BCUT2D eigenvalue weighted by molar-refractivity contribution is 9.10. The zero-order valence-electron chi connectivity index (χ0n) is 11.4. The van der Waals surface area contributed by atoms with E-state index >= 15 is 0 Å². The van der Waals surface area contributed by atoms with Gasteiger partial charge in [0.15, 0.2) is 0 Å². The van der Waals surface area contributed by atoms with E-state index in [0.29, 0.717) is 12.2 Å². The van der Waals surface area contributed by atoms with E-state index in [4.69, 9.17) is 5.11 Å². The van der Waals surface area contributed by atoms with E-state index in [0.717, 1.165) is 4.47 Å². The Morgan fingerprint density at radius 1 is 1.47 bits per heavy atom. The molecule has 0 saturated carbocycles. The van der Waals surface area contributed by atoms with Crippen molar-refractivity contribution in [3.05, 3.63) is 22.4 Å². The van der Waals surface area contributed by atoms with Crippen LogP contribution in [0.25, 0.3) is 0 Å². The summed E-state index contributed by atoms with van der Waals surface area (Å²) in [5.41, 5.74) is 0.578. The maximum absolute atomic E-state index is 12.4. The molecular formula is C13H19BrN2O3. The van der Waals surface area contributed by atoms with Gasteiger partial charge in [-0.25, -0.2) is 0 Å². The van der Waals surface area contributed by atoms with E-state index < -0.39 is 5.97 Å². The van der Waals surface area contributed by atoms with Crippen molar-refractivity contribution in [1.82, 2.24) is 9.47 Å². The summed E-state index contributed by atoms with van der Waals surface area (Å²) in [6, 6.07) is 1.94. The monoisotopic (exact) mass is 330 g/mol. The van der Waals surface area contributed by atoms with Crippen LogP contribution in [-0.4, -0.2) is 39.5 Å². The number of hydrogen-bond donors (Lipinski definition) is 1. The fraction of sp³-hybridized carbons (Fsp3) is 0.538. The Morgan fingerprint density at radius 2 is 2.11 bits per heavy atom. The van der Waals surface area contributed by atoms with Gasteiger partial charge < -0.3 is 14.6 Å². The molecular weight excluding hydrogens is 312 g/mol. The third kappa shape index (κ3) is 4.09. The summed E-state index contributed by atoms with van der Waals surface area (Å²) in [7, 11) is 0. The van der Waals surface area contributed by atoms with E-state index in [1.165, 1.54) is 0 Å². The summed E-state index contributed by atoms with van der Waals surface area (Å²) in [6.45, 7) is 6.56. The van der Waals surface area contributed by atoms with Crippen LogP contribution in [0.1, 0.15) is 43.7 Å². The number of hydrogen-bond acceptors (Lipinski definition) is 2. The molecule has 0 aliphatic carbocycles. The third-order valence-corrected chi connectivity index (χ3v) is 3.29. The van der Waals surface area contributed by atoms with Gasteiger partial charge in [-0.15, -0.1) is 0 Å². The first-order valence-electron chi connectivity index (χ1n) is 6.25. The van der Waals surface area contributed by atoms with Crippen LogP contribution in [0, 0.1) is 0 Å². The van der Waals surface area contributed by atoms with Crippen molar-refractivity contribution in [1.29, 1.82) is 0 Å². The Labute approximate surface area is 121 Å². The topological polar surface area (TPSA) is 62.5 Å². The molecule has 106 valence electrons. The van der Waals surface area contributed by atoms with Crippen molar-refractivity contribution >= 4 is 27.8 Å². The molecule has 0 atom stereocenters. The number of amides is 1. The van der Waals surface area contributed by atoms with Crippen molar-refractivity contribution in [3.8, 4) is 0 Å². The van der Waals surface area contributed by atoms with Crippen molar-refractivity contribution in [2.45, 2.75) is 33.2 Å². The van der Waals surface area contributed by atoms with E-state index in [1.54, 1.807) is 11.0 Å². The van der Waals surface area contributed by atoms with Crippen LogP contribution in [0.2, 0.25) is 0 Å². The summed E-state index contributed by atoms with van der Waals surface area (Å²) in [4.78, 5) is 24.6. The molecule has 1 rings (SSSR count). The standard InChI is InChI=1S/C13H19BrN2O3/c1-4-15(6-5-12(17)18)13(19)11-7-10(14)8-16(11)9(2)3/h7-9H,4-6H2,1-3H3,(H,17,18). The number of aromatic nitrogens is 1. The van der Waals surface area contributed by atoms with Gasteiger partial charge in [-0.3, -0.25) is 9.59 Å². The quantitative estimate of drug-likeness (QED) is 0.872. The molecule has 6 heteroatoms. The van der Waals surface area contributed by atoms with E-state index in [9.17, 15) is 9.59 Å². The average molecular weight is 331 g/mol. The molecule has 0 aromatic carbocycles. The van der Waals surface area contributed by atoms with Crippen molar-refractivity contribution in [2.75, 3.05) is 13.1 Å². The molecule has 1 amide bonds. The first-order chi connectivity index (χ1) is 8.86. The highest BCUT2D eigenvalue weighted by atomic mass is 79.9. The minimum Gasteiger partial charge on any atom is -0.481 e. The molecule has 1 heterocycles. The number of halogens is 1. The largest absolute Gasteiger partial charge is 0.481 e. The van der Waals surface area contributed by atoms with Gasteiger partial charge in [-0.2, -0.15) is 0 Å². The van der Waals surface area contributed by atoms with Crippen LogP contribution in [0.3, 0.4) is 0 Å². The minimum atomic E-state index is -0.897. The van der Waals surface area contributed by atoms with Gasteiger partial charge in [0.05, 0.1) is 6.42 Å². The summed E-state index contributed by atoms with van der Waals surface area (Å²) in [5, 5.41) is 8.71. The molecule has 0 saturated heterocycles. The fourth-order valence-electron chi connectivity index (χ4n) is 1.84. The molecule has 0 aliphatic rings. The number of carboxylic acid groups (broad SMARTS) is 1. The highest BCUT2D eigenvalue weighted by Gasteiger charge is 2.20. The van der Waals surface area contributed by atoms with Gasteiger partial charge in [0.2, 0.25) is 0 Å². The predicted octanol–water partition coefficient (Wildman–Crippen LogP) is 2.77. The van der Waals surface area contributed by atoms with Crippen LogP contribution in [0.15, 0.2) is 16.7 Å². The molecule has 0 aliphatic heterocycles. The lowest BCUT2D eigenvalue weighted by Crippen LogP contribution is -2.34. The normalized spacial score (nSPS) is 10.8. The summed E-state index contributed by atoms with van der Waals surface area (Å²) >= 11 is 3.37. The van der Waals surface area contributed by atoms with Crippen LogP contribution < -0.4 is 0 Å². The molecule has 19 heavy (non-hydrogen) atoms. The van der Waals surface area contributed by atoms with E-state index in [2.05, 4.69) is 15.9 Å². The Bertz CT molecular complexity index is 468. The van der Waals surface area contributed by atoms with E-state index in [1.807, 2.05) is 31.5 Å². The molecule has 1 aromatic rings. The molecule has 0 fully saturated rings. The van der Waals surface area contributed by atoms with Gasteiger partial charge in [0.25, 0.3) is 5.91 Å². The number of nitrogens with zero attached hydrogens (tertiary/aromatic N) is 2. The molecule has 5 nitrogen and oxygen atoms in total. The van der Waals surface area contributed by atoms with Crippen molar-refractivity contribution in [2.24, 2.45) is 0 Å². The zero-order valence-corrected chi connectivity index (χ0v) is 13.0. The van der Waals surface area contributed by atoms with Gasteiger partial charge >= 0.3 is 5.97 Å². The van der Waals surface area contributed by atoms with Gasteiger partial charge in [-0.1, -0.05) is 0 Å². The summed E-state index contributed by atoms with van der Waals surface area (Å²) in [6.07, 6.45) is 1.83. The summed E-state index contributed by atoms with van der Waals surface area (Å²) < 4.78 is 2.73. The first kappa shape index (κ1) is 15.8. The number of aliphatic carboxylic acids is 1. The van der Waals surface area contributed by atoms with Crippen LogP contribution in [-0.2, 0) is 4.79 Å². The maximum Gasteiger partial charge on any atom is 0.305 e. The average Bonchev–Trinajstić information content (AvgIpc) is 2.71. The number of carbonyl (C=O) groups excluding carboxylic acids is 1. The smallest absolute Gasteiger partial charge is 0.305 e. The Morgan fingerprint density at radius 3 is 2.58 bits per heavy atom. The molecule has 0 radical (unpaired) electrons. The number of carboxylic acids is 1. The Balaban J connectivity index is 2.93. The highest BCUT2D eigenvalue weighted by Crippen LogP contribution is 2.20. The minimum absolute atomic E-state index is 0.0386. The second kappa shape index (κ2) is 6.75. The molecule has 0 unspecified atom stereocenters. The number of carbonyl (C=O) groups is 2. The zero-order chi connectivity index (χ0) is 14.6. The Hall–Kier alpha value is -1.30. The van der Waals surface area contributed by atoms with Crippen molar-refractivity contribution in [3.63, 3.8) is 0 Å². The second-order valence-corrected chi connectivity index (χ2v) is 5.49. The summed E-state index contributed by atoms with van der Waals surface area (Å²) in [5.74, 6) is -1.03. The molecule has 1 N–H and O–H groups in total. The van der Waals surface area contributed by atoms with E-state index in [-0.39, 0.29) is 24.9 Å². The van der Waals surface area contributed by atoms with Gasteiger partial charge in [0, 0.05) is 29.8 Å². The molecule has 0 spiro atoms. The molecule has 0 bridgehead atoms. The predicted molar refractivity (Wildman–Crippen MR) is 76.3 cm³/mol. The Kier molecular flexibility index (Phi) is 5.60. The molecule has 1 aromatic heterocycles. The fourth-order valence-corrected chi connectivity index (χ4v) is 2.28. The van der Waals surface area contributed by atoms with Crippen LogP contribution in [0.4, 0.5) is 0 Å². The lowest BCUT2D eigenvalue weighted by molar-refractivity contribution is -0.137. The van der Waals surface area contributed by atoms with Crippen molar-refractivity contribution < 1.29 is 14.7 Å². The lowest BCUT2D eigenvalue weighted by Gasteiger charge is -2.22. The first-order valence-corrected chi connectivity index (χ1v) is 7.04. The lowest BCUT2D eigenvalue weighted by atomic mass is 10.3. The van der Waals surface area contributed by atoms with Gasteiger partial charge in [0.1, 0.15) is 5.69 Å². The van der Waals surface area contributed by atoms with Crippen LogP contribution in [0.5, 0.6) is 0 Å². The number of rotatable bonds is 6. The maximum atomic E-state index is 12.4.